The summed E-state index contributed by atoms with van der Waals surface area (Å²) in [7, 11) is 0. The van der Waals surface area contributed by atoms with Crippen molar-refractivity contribution in [2.24, 2.45) is 5.41 Å². The first-order valence-corrected chi connectivity index (χ1v) is 8.25. The van der Waals surface area contributed by atoms with Crippen molar-refractivity contribution in [3.63, 3.8) is 0 Å². The summed E-state index contributed by atoms with van der Waals surface area (Å²) >= 11 is 0. The highest BCUT2D eigenvalue weighted by molar-refractivity contribution is 5.94. The molecule has 1 aliphatic heterocycles. The zero-order chi connectivity index (χ0) is 17.9. The predicted octanol–water partition coefficient (Wildman–Crippen LogP) is 2.55. The maximum atomic E-state index is 13.9. The second-order valence-electron chi connectivity index (χ2n) is 6.91. The van der Waals surface area contributed by atoms with Crippen LogP contribution >= 0.6 is 0 Å². The minimum absolute atomic E-state index is 0.0849. The molecule has 24 heavy (non-hydrogen) atoms. The molecule has 2 rings (SSSR count). The van der Waals surface area contributed by atoms with Gasteiger partial charge in [0, 0.05) is 37.2 Å². The van der Waals surface area contributed by atoms with Gasteiger partial charge < -0.3 is 14.5 Å². The van der Waals surface area contributed by atoms with Crippen molar-refractivity contribution in [3.05, 3.63) is 29.6 Å². The van der Waals surface area contributed by atoms with E-state index in [0.717, 1.165) is 0 Å². The molecule has 0 saturated carbocycles. The third kappa shape index (κ3) is 4.04. The Balaban J connectivity index is 2.00. The molecule has 0 bridgehead atoms. The smallest absolute Gasteiger partial charge is 0.254 e. The summed E-state index contributed by atoms with van der Waals surface area (Å²) in [6.07, 6.45) is 0. The monoisotopic (exact) mass is 336 g/mol. The van der Waals surface area contributed by atoms with Gasteiger partial charge in [0.25, 0.3) is 5.91 Å². The van der Waals surface area contributed by atoms with Crippen LogP contribution in [-0.2, 0) is 4.79 Å². The fraction of sp³-hybridized carbons (Fsp3) is 0.556. The zero-order valence-corrected chi connectivity index (χ0v) is 14.8. The Labute approximate surface area is 142 Å². The molecule has 0 N–H and O–H groups in total. The summed E-state index contributed by atoms with van der Waals surface area (Å²) in [5.41, 5.74) is -0.128. The molecule has 5 nitrogen and oxygen atoms in total. The second-order valence-corrected chi connectivity index (χ2v) is 6.91. The van der Waals surface area contributed by atoms with Crippen molar-refractivity contribution < 1.29 is 18.7 Å². The van der Waals surface area contributed by atoms with Gasteiger partial charge in [-0.1, -0.05) is 20.8 Å². The van der Waals surface area contributed by atoms with Crippen LogP contribution < -0.4 is 4.74 Å². The summed E-state index contributed by atoms with van der Waals surface area (Å²) in [5, 5.41) is 0. The number of halogens is 1. The van der Waals surface area contributed by atoms with Gasteiger partial charge in [0.15, 0.2) is 11.6 Å². The topological polar surface area (TPSA) is 49.9 Å². The molecule has 0 unspecified atom stereocenters. The third-order valence-corrected chi connectivity index (χ3v) is 3.97. The molecule has 1 saturated heterocycles. The number of hydrogen-bond acceptors (Lipinski definition) is 3. The first-order chi connectivity index (χ1) is 11.2. The number of carbonyl (C=O) groups is 2. The minimum Gasteiger partial charge on any atom is -0.491 e. The van der Waals surface area contributed by atoms with Crippen molar-refractivity contribution in [1.82, 2.24) is 9.80 Å². The number of rotatable bonds is 3. The molecule has 1 aromatic rings. The van der Waals surface area contributed by atoms with E-state index in [1.807, 2.05) is 20.8 Å². The Kier molecular flexibility index (Phi) is 5.47. The van der Waals surface area contributed by atoms with Crippen LogP contribution in [0.3, 0.4) is 0 Å². The number of amides is 2. The maximum absolute atomic E-state index is 13.9. The highest BCUT2D eigenvalue weighted by atomic mass is 19.1. The van der Waals surface area contributed by atoms with E-state index < -0.39 is 11.2 Å². The first kappa shape index (κ1) is 18.2. The Hall–Kier alpha value is -2.11. The predicted molar refractivity (Wildman–Crippen MR) is 89.5 cm³/mol. The fourth-order valence-corrected chi connectivity index (χ4v) is 2.68. The second kappa shape index (κ2) is 7.20. The largest absolute Gasteiger partial charge is 0.491 e. The van der Waals surface area contributed by atoms with E-state index >= 15 is 0 Å². The highest BCUT2D eigenvalue weighted by Crippen LogP contribution is 2.21. The van der Waals surface area contributed by atoms with Crippen molar-refractivity contribution in [3.8, 4) is 5.75 Å². The van der Waals surface area contributed by atoms with Crippen molar-refractivity contribution in [2.75, 3.05) is 32.8 Å². The van der Waals surface area contributed by atoms with Crippen LogP contribution in [0.2, 0.25) is 0 Å². The molecular weight excluding hydrogens is 311 g/mol. The Bertz CT molecular complexity index is 617. The molecule has 1 heterocycles. The van der Waals surface area contributed by atoms with Crippen LogP contribution in [0.4, 0.5) is 4.39 Å². The van der Waals surface area contributed by atoms with Crippen LogP contribution in [0, 0.1) is 11.2 Å². The lowest BCUT2D eigenvalue weighted by atomic mass is 9.94. The average molecular weight is 336 g/mol. The van der Waals surface area contributed by atoms with E-state index in [1.165, 1.54) is 12.1 Å². The molecule has 6 heteroatoms. The minimum atomic E-state index is -0.538. The number of benzene rings is 1. The van der Waals surface area contributed by atoms with E-state index in [2.05, 4.69) is 0 Å². The molecule has 0 atom stereocenters. The molecule has 0 spiro atoms. The highest BCUT2D eigenvalue weighted by Gasteiger charge is 2.31. The molecule has 2 amide bonds. The zero-order valence-electron chi connectivity index (χ0n) is 14.8. The van der Waals surface area contributed by atoms with Gasteiger partial charge in [0.1, 0.15) is 0 Å². The molecular formula is C18H25FN2O3. The van der Waals surface area contributed by atoms with E-state index in [0.29, 0.717) is 38.3 Å². The summed E-state index contributed by atoms with van der Waals surface area (Å²) in [4.78, 5) is 28.2. The Morgan fingerprint density at radius 2 is 1.71 bits per heavy atom. The van der Waals surface area contributed by atoms with Crippen LogP contribution in [0.1, 0.15) is 38.1 Å². The molecule has 0 aliphatic carbocycles. The average Bonchev–Trinajstić information content (AvgIpc) is 2.55. The summed E-state index contributed by atoms with van der Waals surface area (Å²) in [6, 6.07) is 4.26. The summed E-state index contributed by atoms with van der Waals surface area (Å²) < 4.78 is 19.1. The van der Waals surface area contributed by atoms with Gasteiger partial charge in [-0.05, 0) is 25.1 Å². The van der Waals surface area contributed by atoms with Crippen molar-refractivity contribution >= 4 is 11.8 Å². The van der Waals surface area contributed by atoms with Gasteiger partial charge in [0.05, 0.1) is 6.61 Å². The lowest BCUT2D eigenvalue weighted by molar-refractivity contribution is -0.140. The van der Waals surface area contributed by atoms with Gasteiger partial charge in [-0.2, -0.15) is 0 Å². The van der Waals surface area contributed by atoms with E-state index in [-0.39, 0.29) is 17.6 Å². The standard InChI is InChI=1S/C18H25FN2O3/c1-5-24-15-7-6-13(12-14(15)19)16(22)20-8-10-21(11-9-20)17(23)18(2,3)4/h6-7,12H,5,8-11H2,1-4H3. The number of ether oxygens (including phenoxy) is 1. The molecule has 1 aliphatic rings. The van der Waals surface area contributed by atoms with Gasteiger partial charge in [-0.25, -0.2) is 4.39 Å². The van der Waals surface area contributed by atoms with E-state index in [1.54, 1.807) is 22.8 Å². The molecule has 1 fully saturated rings. The van der Waals surface area contributed by atoms with E-state index in [9.17, 15) is 14.0 Å². The molecule has 1 aromatic carbocycles. The lowest BCUT2D eigenvalue weighted by Crippen LogP contribution is -2.53. The summed E-state index contributed by atoms with van der Waals surface area (Å²) in [6.45, 7) is 9.71. The molecule has 0 radical (unpaired) electrons. The van der Waals surface area contributed by atoms with Crippen LogP contribution in [0.15, 0.2) is 18.2 Å². The third-order valence-electron chi connectivity index (χ3n) is 3.97. The van der Waals surface area contributed by atoms with Crippen LogP contribution in [-0.4, -0.2) is 54.4 Å². The normalized spacial score (nSPS) is 15.4. The maximum Gasteiger partial charge on any atom is 0.254 e. The quantitative estimate of drug-likeness (QED) is 0.852. The van der Waals surface area contributed by atoms with Crippen LogP contribution in [0.25, 0.3) is 0 Å². The van der Waals surface area contributed by atoms with Crippen molar-refractivity contribution in [1.29, 1.82) is 0 Å². The van der Waals surface area contributed by atoms with Crippen molar-refractivity contribution in [2.45, 2.75) is 27.7 Å². The van der Waals surface area contributed by atoms with Gasteiger partial charge in [0.2, 0.25) is 5.91 Å². The van der Waals surface area contributed by atoms with Gasteiger partial charge in [-0.3, -0.25) is 9.59 Å². The van der Waals surface area contributed by atoms with E-state index in [4.69, 9.17) is 4.74 Å². The van der Waals surface area contributed by atoms with Crippen LogP contribution in [0.5, 0.6) is 5.75 Å². The number of nitrogens with zero attached hydrogens (tertiary/aromatic N) is 2. The summed E-state index contributed by atoms with van der Waals surface area (Å²) in [5.74, 6) is -0.527. The van der Waals surface area contributed by atoms with Gasteiger partial charge >= 0.3 is 0 Å². The molecule has 132 valence electrons. The fourth-order valence-electron chi connectivity index (χ4n) is 2.68. The Morgan fingerprint density at radius 1 is 1.12 bits per heavy atom. The number of piperazine rings is 1. The number of hydrogen-bond donors (Lipinski definition) is 0. The Morgan fingerprint density at radius 3 is 2.21 bits per heavy atom. The number of carbonyl (C=O) groups excluding carboxylic acids is 2. The molecule has 0 aromatic heterocycles. The SMILES string of the molecule is CCOc1ccc(C(=O)N2CCN(C(=O)C(C)(C)C)CC2)cc1F. The van der Waals surface area contributed by atoms with Gasteiger partial charge in [-0.15, -0.1) is 0 Å². The lowest BCUT2D eigenvalue weighted by Gasteiger charge is -2.37. The first-order valence-electron chi connectivity index (χ1n) is 8.25.